The van der Waals surface area contributed by atoms with Gasteiger partial charge in [0.2, 0.25) is 0 Å². The van der Waals surface area contributed by atoms with Crippen molar-refractivity contribution in [3.05, 3.63) is 84.2 Å². The van der Waals surface area contributed by atoms with Crippen molar-refractivity contribution in [3.8, 4) is 11.1 Å². The van der Waals surface area contributed by atoms with Crippen LogP contribution in [-0.2, 0) is 6.42 Å². The van der Waals surface area contributed by atoms with Crippen LogP contribution in [0.1, 0.15) is 11.3 Å². The first-order valence-corrected chi connectivity index (χ1v) is 6.66. The van der Waals surface area contributed by atoms with Crippen LogP contribution < -0.4 is 5.73 Å². The van der Waals surface area contributed by atoms with E-state index in [4.69, 9.17) is 5.73 Å². The normalized spacial score (nSPS) is 10.4. The fraction of sp³-hybridized carbons (Fsp3) is 0.0556. The Morgan fingerprint density at radius 3 is 2.35 bits per heavy atom. The minimum atomic E-state index is 0.789. The van der Waals surface area contributed by atoms with Crippen molar-refractivity contribution in [2.45, 2.75) is 6.42 Å². The van der Waals surface area contributed by atoms with E-state index in [-0.39, 0.29) is 0 Å². The second-order valence-electron chi connectivity index (χ2n) is 4.83. The smallest absolute Gasteiger partial charge is 0.0447 e. The van der Waals surface area contributed by atoms with Crippen molar-refractivity contribution in [1.29, 1.82) is 0 Å². The first kappa shape index (κ1) is 12.4. The molecule has 0 aliphatic heterocycles. The van der Waals surface area contributed by atoms with Crippen LogP contribution in [0, 0.1) is 0 Å². The Balaban J connectivity index is 1.95. The third-order valence-electron chi connectivity index (χ3n) is 3.23. The van der Waals surface area contributed by atoms with Gasteiger partial charge in [-0.25, -0.2) is 0 Å². The van der Waals surface area contributed by atoms with Crippen LogP contribution in [-0.4, -0.2) is 4.98 Å². The maximum Gasteiger partial charge on any atom is 0.0447 e. The first-order chi connectivity index (χ1) is 9.81. The lowest BCUT2D eigenvalue weighted by Gasteiger charge is -2.08. The molecular weight excluding hydrogens is 244 g/mol. The number of benzene rings is 2. The van der Waals surface area contributed by atoms with Crippen LogP contribution in [0.5, 0.6) is 0 Å². The van der Waals surface area contributed by atoms with Gasteiger partial charge in [0.25, 0.3) is 0 Å². The molecule has 0 aliphatic rings. The summed E-state index contributed by atoms with van der Waals surface area (Å²) in [6.45, 7) is 0. The zero-order valence-electron chi connectivity index (χ0n) is 11.2. The van der Waals surface area contributed by atoms with E-state index in [1.807, 2.05) is 54.7 Å². The molecule has 0 radical (unpaired) electrons. The molecule has 0 unspecified atom stereocenters. The van der Waals surface area contributed by atoms with Gasteiger partial charge in [-0.1, -0.05) is 42.5 Å². The lowest BCUT2D eigenvalue weighted by atomic mass is 10.00. The van der Waals surface area contributed by atoms with Gasteiger partial charge < -0.3 is 5.73 Å². The van der Waals surface area contributed by atoms with Crippen LogP contribution in [0.15, 0.2) is 72.9 Å². The average molecular weight is 260 g/mol. The predicted molar refractivity (Wildman–Crippen MR) is 83.3 cm³/mol. The quantitative estimate of drug-likeness (QED) is 0.725. The van der Waals surface area contributed by atoms with Crippen molar-refractivity contribution in [3.63, 3.8) is 0 Å². The maximum absolute atomic E-state index is 6.03. The van der Waals surface area contributed by atoms with Crippen LogP contribution in [0.3, 0.4) is 0 Å². The van der Waals surface area contributed by atoms with Gasteiger partial charge in [-0.3, -0.25) is 4.98 Å². The summed E-state index contributed by atoms with van der Waals surface area (Å²) >= 11 is 0. The Kier molecular flexibility index (Phi) is 3.46. The minimum absolute atomic E-state index is 0.789. The summed E-state index contributed by atoms with van der Waals surface area (Å²) in [5.41, 5.74) is 11.4. The van der Waals surface area contributed by atoms with Gasteiger partial charge in [0.1, 0.15) is 0 Å². The van der Waals surface area contributed by atoms with E-state index in [0.717, 1.165) is 23.4 Å². The molecule has 98 valence electrons. The molecule has 1 aromatic heterocycles. The minimum Gasteiger partial charge on any atom is -0.399 e. The number of nitrogen functional groups attached to an aromatic ring is 1. The number of hydrogen-bond acceptors (Lipinski definition) is 2. The van der Waals surface area contributed by atoms with Crippen LogP contribution in [0.25, 0.3) is 11.1 Å². The van der Waals surface area contributed by atoms with E-state index in [1.54, 1.807) is 0 Å². The van der Waals surface area contributed by atoms with E-state index in [2.05, 4.69) is 23.2 Å². The van der Waals surface area contributed by atoms with Gasteiger partial charge in [0, 0.05) is 24.0 Å². The molecule has 0 atom stereocenters. The molecule has 0 saturated heterocycles. The molecule has 2 heteroatoms. The number of aromatic nitrogens is 1. The van der Waals surface area contributed by atoms with Gasteiger partial charge in [-0.15, -0.1) is 0 Å². The SMILES string of the molecule is Nc1cc(Cc2ccccn2)cc(-c2ccccc2)c1. The highest BCUT2D eigenvalue weighted by molar-refractivity contribution is 5.68. The molecule has 0 aliphatic carbocycles. The summed E-state index contributed by atoms with van der Waals surface area (Å²) in [6, 6.07) is 22.5. The topological polar surface area (TPSA) is 38.9 Å². The predicted octanol–water partition coefficient (Wildman–Crippen LogP) is 3.92. The molecule has 0 saturated carbocycles. The van der Waals surface area contributed by atoms with E-state index in [1.165, 1.54) is 11.1 Å². The molecule has 0 bridgehead atoms. The molecule has 3 rings (SSSR count). The maximum atomic E-state index is 6.03. The summed E-state index contributed by atoms with van der Waals surface area (Å²) < 4.78 is 0. The van der Waals surface area contributed by atoms with Crippen molar-refractivity contribution >= 4 is 5.69 Å². The molecule has 0 fully saturated rings. The first-order valence-electron chi connectivity index (χ1n) is 6.66. The highest BCUT2D eigenvalue weighted by atomic mass is 14.7. The number of anilines is 1. The Bertz CT molecular complexity index is 691. The molecule has 0 amide bonds. The van der Waals surface area contributed by atoms with E-state index in [0.29, 0.717) is 0 Å². The number of rotatable bonds is 3. The lowest BCUT2D eigenvalue weighted by Crippen LogP contribution is -1.94. The van der Waals surface area contributed by atoms with Gasteiger partial charge >= 0.3 is 0 Å². The summed E-state index contributed by atoms with van der Waals surface area (Å²) in [6.07, 6.45) is 2.62. The van der Waals surface area contributed by atoms with E-state index in [9.17, 15) is 0 Å². The molecule has 1 heterocycles. The van der Waals surface area contributed by atoms with Gasteiger partial charge in [0.05, 0.1) is 0 Å². The molecule has 3 aromatic rings. The lowest BCUT2D eigenvalue weighted by molar-refractivity contribution is 1.08. The van der Waals surface area contributed by atoms with Crippen LogP contribution in [0.4, 0.5) is 5.69 Å². The second kappa shape index (κ2) is 5.57. The van der Waals surface area contributed by atoms with Gasteiger partial charge in [0.15, 0.2) is 0 Å². The van der Waals surface area contributed by atoms with Crippen molar-refractivity contribution in [2.24, 2.45) is 0 Å². The number of pyridine rings is 1. The fourth-order valence-electron chi connectivity index (χ4n) is 2.33. The monoisotopic (exact) mass is 260 g/mol. The molecular formula is C18H16N2. The largest absolute Gasteiger partial charge is 0.399 e. The third-order valence-corrected chi connectivity index (χ3v) is 3.23. The number of nitrogens with two attached hydrogens (primary N) is 1. The molecule has 20 heavy (non-hydrogen) atoms. The summed E-state index contributed by atoms with van der Waals surface area (Å²) in [4.78, 5) is 4.37. The van der Waals surface area contributed by atoms with Crippen molar-refractivity contribution in [2.75, 3.05) is 5.73 Å². The zero-order chi connectivity index (χ0) is 13.8. The van der Waals surface area contributed by atoms with Crippen LogP contribution in [0.2, 0.25) is 0 Å². The van der Waals surface area contributed by atoms with Crippen molar-refractivity contribution in [1.82, 2.24) is 4.98 Å². The Hall–Kier alpha value is -2.61. The second-order valence-corrected chi connectivity index (χ2v) is 4.83. The highest BCUT2D eigenvalue weighted by Crippen LogP contribution is 2.24. The van der Waals surface area contributed by atoms with Gasteiger partial charge in [-0.2, -0.15) is 0 Å². The van der Waals surface area contributed by atoms with E-state index >= 15 is 0 Å². The fourth-order valence-corrected chi connectivity index (χ4v) is 2.33. The number of hydrogen-bond donors (Lipinski definition) is 1. The summed E-state index contributed by atoms with van der Waals surface area (Å²) in [5.74, 6) is 0. The molecule has 2 nitrogen and oxygen atoms in total. The van der Waals surface area contributed by atoms with Crippen molar-refractivity contribution < 1.29 is 0 Å². The number of nitrogens with zero attached hydrogens (tertiary/aromatic N) is 1. The third kappa shape index (κ3) is 2.86. The Morgan fingerprint density at radius 1 is 0.800 bits per heavy atom. The average Bonchev–Trinajstić information content (AvgIpc) is 2.49. The zero-order valence-corrected chi connectivity index (χ0v) is 11.2. The highest BCUT2D eigenvalue weighted by Gasteiger charge is 2.03. The Morgan fingerprint density at radius 2 is 1.60 bits per heavy atom. The molecule has 2 aromatic carbocycles. The molecule has 2 N–H and O–H groups in total. The standard InChI is InChI=1S/C18H16N2/c19-17-11-14(12-18-8-4-5-9-20-18)10-16(13-17)15-6-2-1-3-7-15/h1-11,13H,12,19H2. The summed E-state index contributed by atoms with van der Waals surface area (Å²) in [7, 11) is 0. The van der Waals surface area contributed by atoms with Crippen LogP contribution >= 0.6 is 0 Å². The Labute approximate surface area is 118 Å². The van der Waals surface area contributed by atoms with Gasteiger partial charge in [-0.05, 0) is 41.0 Å². The van der Waals surface area contributed by atoms with E-state index < -0.39 is 0 Å². The molecule has 0 spiro atoms. The summed E-state index contributed by atoms with van der Waals surface area (Å²) in [5, 5.41) is 0.